The molecule has 0 unspecified atom stereocenters. The summed E-state index contributed by atoms with van der Waals surface area (Å²) in [5.74, 6) is 0. The maximum absolute atomic E-state index is 11.4. The van der Waals surface area contributed by atoms with E-state index in [1.807, 2.05) is 0 Å². The first-order valence-corrected chi connectivity index (χ1v) is 9.09. The van der Waals surface area contributed by atoms with Crippen LogP contribution in [0.1, 0.15) is 5.56 Å². The second-order valence-corrected chi connectivity index (χ2v) is 8.74. The number of halogens is 1. The van der Waals surface area contributed by atoms with Crippen LogP contribution >= 0.6 is 15.9 Å². The van der Waals surface area contributed by atoms with Crippen LogP contribution in [-0.4, -0.2) is 28.2 Å². The van der Waals surface area contributed by atoms with Crippen LogP contribution in [0.4, 0.5) is 0 Å². The number of hydrogen-bond donors (Lipinski definition) is 1. The normalized spacial score (nSPS) is 12.6. The molecule has 0 saturated heterocycles. The summed E-state index contributed by atoms with van der Waals surface area (Å²) in [7, 11) is -7.37. The van der Waals surface area contributed by atoms with Crippen LogP contribution < -0.4 is 4.72 Å². The molecular formula is C9H12BrNO4S2. The standard InChI is InChI=1S/C9H12BrNO4S2/c1-16(12,13)7-17(14,15)11-6-8-4-2-3-5-9(8)10/h2-5,11H,6-7H2,1H3. The smallest absolute Gasteiger partial charge is 0.226 e. The van der Waals surface area contributed by atoms with Gasteiger partial charge in [-0.2, -0.15) is 0 Å². The van der Waals surface area contributed by atoms with Crippen molar-refractivity contribution in [1.29, 1.82) is 0 Å². The Hall–Kier alpha value is -0.440. The predicted octanol–water partition coefficient (Wildman–Crippen LogP) is 0.871. The largest absolute Gasteiger partial charge is 0.228 e. The first-order chi connectivity index (χ1) is 7.70. The van der Waals surface area contributed by atoms with Gasteiger partial charge >= 0.3 is 0 Å². The van der Waals surface area contributed by atoms with Gasteiger partial charge in [0, 0.05) is 17.3 Å². The van der Waals surface area contributed by atoms with Gasteiger partial charge in [0.2, 0.25) is 10.0 Å². The molecule has 5 nitrogen and oxygen atoms in total. The van der Waals surface area contributed by atoms with Gasteiger partial charge in [0.05, 0.1) is 0 Å². The van der Waals surface area contributed by atoms with Crippen LogP contribution in [-0.2, 0) is 26.4 Å². The highest BCUT2D eigenvalue weighted by Gasteiger charge is 2.17. The van der Waals surface area contributed by atoms with Gasteiger partial charge in [-0.15, -0.1) is 0 Å². The molecule has 0 spiro atoms. The summed E-state index contributed by atoms with van der Waals surface area (Å²) in [5, 5.41) is -0.898. The van der Waals surface area contributed by atoms with E-state index in [9.17, 15) is 16.8 Å². The Balaban J connectivity index is 2.72. The summed E-state index contributed by atoms with van der Waals surface area (Å²) in [6.45, 7) is 0.0548. The van der Waals surface area contributed by atoms with Crippen molar-refractivity contribution >= 4 is 35.8 Å². The highest BCUT2D eigenvalue weighted by atomic mass is 79.9. The van der Waals surface area contributed by atoms with Crippen molar-refractivity contribution in [3.8, 4) is 0 Å². The third kappa shape index (κ3) is 5.62. The lowest BCUT2D eigenvalue weighted by atomic mass is 10.2. The molecule has 1 rings (SSSR count). The molecule has 0 aliphatic heterocycles. The Morgan fingerprint density at radius 3 is 2.29 bits per heavy atom. The van der Waals surface area contributed by atoms with E-state index in [0.29, 0.717) is 0 Å². The topological polar surface area (TPSA) is 80.3 Å². The van der Waals surface area contributed by atoms with Gasteiger partial charge in [0.15, 0.2) is 14.9 Å². The quantitative estimate of drug-likeness (QED) is 0.861. The van der Waals surface area contributed by atoms with Crippen molar-refractivity contribution in [2.24, 2.45) is 0 Å². The highest BCUT2D eigenvalue weighted by molar-refractivity contribution is 9.10. The van der Waals surface area contributed by atoms with Gasteiger partial charge in [-0.3, -0.25) is 0 Å². The van der Waals surface area contributed by atoms with Gasteiger partial charge in [-0.25, -0.2) is 21.6 Å². The summed E-state index contributed by atoms with van der Waals surface area (Å²) >= 11 is 3.27. The van der Waals surface area contributed by atoms with Crippen molar-refractivity contribution in [3.05, 3.63) is 34.3 Å². The summed E-state index contributed by atoms with van der Waals surface area (Å²) in [5.41, 5.74) is 0.740. The maximum Gasteiger partial charge on any atom is 0.226 e. The Morgan fingerprint density at radius 1 is 1.18 bits per heavy atom. The van der Waals surface area contributed by atoms with Gasteiger partial charge in [0.25, 0.3) is 0 Å². The molecule has 1 N–H and O–H groups in total. The molecule has 0 fully saturated rings. The molecule has 0 atom stereocenters. The lowest BCUT2D eigenvalue weighted by molar-refractivity contribution is 0.580. The molecule has 1 aromatic carbocycles. The lowest BCUT2D eigenvalue weighted by Gasteiger charge is -2.07. The Morgan fingerprint density at radius 2 is 1.76 bits per heavy atom. The molecule has 0 heterocycles. The Labute approximate surface area is 109 Å². The Bertz CT molecular complexity index is 595. The van der Waals surface area contributed by atoms with E-state index < -0.39 is 24.9 Å². The number of hydrogen-bond acceptors (Lipinski definition) is 4. The molecule has 0 aliphatic carbocycles. The second-order valence-electron chi connectivity index (χ2n) is 3.57. The monoisotopic (exact) mass is 341 g/mol. The molecule has 96 valence electrons. The number of sulfonamides is 1. The van der Waals surface area contributed by atoms with Gasteiger partial charge < -0.3 is 0 Å². The maximum atomic E-state index is 11.4. The van der Waals surface area contributed by atoms with Crippen molar-refractivity contribution in [1.82, 2.24) is 4.72 Å². The van der Waals surface area contributed by atoms with Crippen molar-refractivity contribution in [2.45, 2.75) is 6.54 Å². The third-order valence-electron chi connectivity index (χ3n) is 1.81. The molecule has 1 aromatic rings. The molecule has 0 radical (unpaired) electrons. The van der Waals surface area contributed by atoms with E-state index in [1.165, 1.54) is 0 Å². The SMILES string of the molecule is CS(=O)(=O)CS(=O)(=O)NCc1ccccc1Br. The minimum atomic E-state index is -3.81. The first-order valence-electron chi connectivity index (χ1n) is 4.58. The average molecular weight is 342 g/mol. The molecular weight excluding hydrogens is 330 g/mol. The minimum absolute atomic E-state index is 0.0548. The zero-order chi connectivity index (χ0) is 13.1. The zero-order valence-electron chi connectivity index (χ0n) is 9.05. The van der Waals surface area contributed by atoms with E-state index >= 15 is 0 Å². The number of nitrogens with one attached hydrogen (secondary N) is 1. The fourth-order valence-electron chi connectivity index (χ4n) is 1.15. The van der Waals surface area contributed by atoms with E-state index in [-0.39, 0.29) is 6.54 Å². The fourth-order valence-corrected chi connectivity index (χ4v) is 4.54. The summed E-state index contributed by atoms with van der Waals surface area (Å²) in [4.78, 5) is 0. The van der Waals surface area contributed by atoms with Crippen LogP contribution in [0.2, 0.25) is 0 Å². The zero-order valence-corrected chi connectivity index (χ0v) is 12.3. The predicted molar refractivity (Wildman–Crippen MR) is 69.6 cm³/mol. The van der Waals surface area contributed by atoms with E-state index in [2.05, 4.69) is 20.7 Å². The molecule has 0 bridgehead atoms. The molecule has 17 heavy (non-hydrogen) atoms. The molecule has 0 aromatic heterocycles. The van der Waals surface area contributed by atoms with Crippen LogP contribution in [0.5, 0.6) is 0 Å². The highest BCUT2D eigenvalue weighted by Crippen LogP contribution is 2.15. The fraction of sp³-hybridized carbons (Fsp3) is 0.333. The van der Waals surface area contributed by atoms with Gasteiger partial charge in [-0.05, 0) is 11.6 Å². The van der Waals surface area contributed by atoms with Crippen molar-refractivity contribution < 1.29 is 16.8 Å². The van der Waals surface area contributed by atoms with Gasteiger partial charge in [-0.1, -0.05) is 34.1 Å². The molecule has 0 saturated carbocycles. The number of sulfone groups is 1. The summed E-state index contributed by atoms with van der Waals surface area (Å²) in [6, 6.07) is 7.09. The molecule has 0 aliphatic rings. The van der Waals surface area contributed by atoms with Gasteiger partial charge in [0.1, 0.15) is 0 Å². The van der Waals surface area contributed by atoms with E-state index in [1.54, 1.807) is 24.3 Å². The Kier molecular flexibility index (Phi) is 4.70. The van der Waals surface area contributed by atoms with Crippen LogP contribution in [0.15, 0.2) is 28.7 Å². The first kappa shape index (κ1) is 14.6. The third-order valence-corrected chi connectivity index (χ3v) is 6.12. The number of benzene rings is 1. The van der Waals surface area contributed by atoms with Crippen LogP contribution in [0.25, 0.3) is 0 Å². The average Bonchev–Trinajstić information content (AvgIpc) is 2.13. The van der Waals surface area contributed by atoms with E-state index in [0.717, 1.165) is 16.3 Å². The van der Waals surface area contributed by atoms with Crippen LogP contribution in [0, 0.1) is 0 Å². The molecule has 8 heteroatoms. The van der Waals surface area contributed by atoms with E-state index in [4.69, 9.17) is 0 Å². The molecule has 0 amide bonds. The van der Waals surface area contributed by atoms with Crippen molar-refractivity contribution in [2.75, 3.05) is 11.3 Å². The second kappa shape index (κ2) is 5.47. The van der Waals surface area contributed by atoms with Crippen molar-refractivity contribution in [3.63, 3.8) is 0 Å². The summed E-state index contributed by atoms with van der Waals surface area (Å²) in [6.07, 6.45) is 0.880. The lowest BCUT2D eigenvalue weighted by Crippen LogP contribution is -2.29. The minimum Gasteiger partial charge on any atom is -0.228 e. The number of rotatable bonds is 5. The van der Waals surface area contributed by atoms with Crippen LogP contribution in [0.3, 0.4) is 0 Å². The summed E-state index contributed by atoms with van der Waals surface area (Å²) < 4.78 is 47.6.